The summed E-state index contributed by atoms with van der Waals surface area (Å²) < 4.78 is 0. The van der Waals surface area contributed by atoms with Gasteiger partial charge < -0.3 is 10.0 Å². The lowest BCUT2D eigenvalue weighted by atomic mass is 10.1. The fourth-order valence-electron chi connectivity index (χ4n) is 1.05. The van der Waals surface area contributed by atoms with Crippen molar-refractivity contribution in [2.24, 2.45) is 0 Å². The van der Waals surface area contributed by atoms with E-state index >= 15 is 0 Å². The summed E-state index contributed by atoms with van der Waals surface area (Å²) in [4.78, 5) is 12.9. The number of hydrogen-bond donors (Lipinski definition) is 1. The second-order valence-electron chi connectivity index (χ2n) is 3.04. The lowest BCUT2D eigenvalue weighted by Gasteiger charge is -2.11. The molecule has 0 fully saturated rings. The van der Waals surface area contributed by atoms with Crippen LogP contribution in [0.5, 0.6) is 5.75 Å². The van der Waals surface area contributed by atoms with Gasteiger partial charge in [0.15, 0.2) is 0 Å². The summed E-state index contributed by atoms with van der Waals surface area (Å²) in [6.45, 7) is 0. The van der Waals surface area contributed by atoms with Gasteiger partial charge in [-0.15, -0.1) is 0 Å². The Morgan fingerprint density at radius 3 is 2.64 bits per heavy atom. The first-order valence-electron chi connectivity index (χ1n) is 4.01. The van der Waals surface area contributed by atoms with Gasteiger partial charge in [-0.05, 0) is 18.2 Å². The topological polar surface area (TPSA) is 64.3 Å². The zero-order chi connectivity index (χ0) is 10.7. The number of aromatic hydroxyl groups is 1. The van der Waals surface area contributed by atoms with E-state index in [1.54, 1.807) is 14.1 Å². The summed E-state index contributed by atoms with van der Waals surface area (Å²) in [6, 6.07) is 5.97. The molecule has 1 amide bonds. The Balaban J connectivity index is 3.23. The molecule has 4 nitrogen and oxygen atoms in total. The van der Waals surface area contributed by atoms with Crippen LogP contribution in [0.3, 0.4) is 0 Å². The van der Waals surface area contributed by atoms with Crippen LogP contribution < -0.4 is 0 Å². The summed E-state index contributed by atoms with van der Waals surface area (Å²) in [7, 11) is 3.21. The van der Waals surface area contributed by atoms with Gasteiger partial charge in [0.2, 0.25) is 0 Å². The molecule has 0 aliphatic rings. The van der Waals surface area contributed by atoms with Crippen molar-refractivity contribution in [2.75, 3.05) is 14.1 Å². The second-order valence-corrected chi connectivity index (χ2v) is 3.04. The zero-order valence-electron chi connectivity index (χ0n) is 7.98. The highest BCUT2D eigenvalue weighted by Gasteiger charge is 2.13. The lowest BCUT2D eigenvalue weighted by molar-refractivity contribution is 0.0827. The highest BCUT2D eigenvalue weighted by atomic mass is 16.3. The molecule has 0 aliphatic heterocycles. The fourth-order valence-corrected chi connectivity index (χ4v) is 1.05. The Hall–Kier alpha value is -2.02. The summed E-state index contributed by atoms with van der Waals surface area (Å²) in [6.07, 6.45) is 0. The van der Waals surface area contributed by atoms with Gasteiger partial charge in [-0.25, -0.2) is 0 Å². The van der Waals surface area contributed by atoms with Gasteiger partial charge in [0.1, 0.15) is 11.8 Å². The van der Waals surface area contributed by atoms with Crippen molar-refractivity contribution in [2.45, 2.75) is 0 Å². The molecule has 0 unspecified atom stereocenters. The molecular formula is C10H10N2O2. The lowest BCUT2D eigenvalue weighted by Crippen LogP contribution is -2.22. The van der Waals surface area contributed by atoms with Gasteiger partial charge >= 0.3 is 0 Å². The first kappa shape index (κ1) is 10.1. The van der Waals surface area contributed by atoms with Crippen molar-refractivity contribution in [1.82, 2.24) is 4.90 Å². The monoisotopic (exact) mass is 190 g/mol. The number of amides is 1. The van der Waals surface area contributed by atoms with Crippen molar-refractivity contribution < 1.29 is 9.90 Å². The normalized spacial score (nSPS) is 9.21. The molecule has 14 heavy (non-hydrogen) atoms. The van der Waals surface area contributed by atoms with E-state index in [9.17, 15) is 4.79 Å². The van der Waals surface area contributed by atoms with Crippen molar-refractivity contribution >= 4 is 5.91 Å². The molecule has 0 radical (unpaired) electrons. The van der Waals surface area contributed by atoms with E-state index in [-0.39, 0.29) is 17.2 Å². The highest BCUT2D eigenvalue weighted by Crippen LogP contribution is 2.16. The van der Waals surface area contributed by atoms with E-state index in [0.717, 1.165) is 0 Å². The molecule has 0 saturated carbocycles. The molecule has 0 aliphatic carbocycles. The number of nitrogens with zero attached hydrogens (tertiary/aromatic N) is 2. The maximum Gasteiger partial charge on any atom is 0.254 e. The van der Waals surface area contributed by atoms with Gasteiger partial charge in [0, 0.05) is 14.1 Å². The van der Waals surface area contributed by atoms with Gasteiger partial charge in [-0.1, -0.05) is 0 Å². The summed E-state index contributed by atoms with van der Waals surface area (Å²) >= 11 is 0. The predicted octanol–water partition coefficient (Wildman–Crippen LogP) is 0.966. The molecular weight excluding hydrogens is 180 g/mol. The number of phenols is 1. The Bertz CT molecular complexity index is 405. The van der Waals surface area contributed by atoms with Crippen molar-refractivity contribution in [1.29, 1.82) is 5.26 Å². The average Bonchev–Trinajstić information content (AvgIpc) is 2.16. The van der Waals surface area contributed by atoms with Crippen LogP contribution >= 0.6 is 0 Å². The SMILES string of the molecule is CN(C)C(=O)c1ccc(O)cc1C#N. The number of phenolic OH excluding ortho intramolecular Hbond substituents is 1. The minimum absolute atomic E-state index is 0.0168. The Kier molecular flexibility index (Phi) is 2.73. The van der Waals surface area contributed by atoms with Crippen LogP contribution in [0.4, 0.5) is 0 Å². The third kappa shape index (κ3) is 1.83. The maximum atomic E-state index is 11.5. The third-order valence-corrected chi connectivity index (χ3v) is 1.76. The van der Waals surface area contributed by atoms with E-state index < -0.39 is 0 Å². The van der Waals surface area contributed by atoms with Crippen LogP contribution in [0.15, 0.2) is 18.2 Å². The van der Waals surface area contributed by atoms with E-state index in [4.69, 9.17) is 10.4 Å². The standard InChI is InChI=1S/C10H10N2O2/c1-12(2)10(14)9-4-3-8(13)5-7(9)6-11/h3-5,13H,1-2H3. The summed E-state index contributed by atoms with van der Waals surface area (Å²) in [5, 5.41) is 17.9. The molecule has 1 aromatic rings. The number of carbonyl (C=O) groups excluding carboxylic acids is 1. The van der Waals surface area contributed by atoms with Crippen LogP contribution in [-0.2, 0) is 0 Å². The van der Waals surface area contributed by atoms with Gasteiger partial charge in [0.05, 0.1) is 11.1 Å². The maximum absolute atomic E-state index is 11.5. The van der Waals surface area contributed by atoms with Crippen LogP contribution in [-0.4, -0.2) is 30.0 Å². The fraction of sp³-hybridized carbons (Fsp3) is 0.200. The van der Waals surface area contributed by atoms with Gasteiger partial charge in [0.25, 0.3) is 5.91 Å². The van der Waals surface area contributed by atoms with E-state index in [2.05, 4.69) is 0 Å². The number of hydrogen-bond acceptors (Lipinski definition) is 3. The van der Waals surface area contributed by atoms with Crippen LogP contribution in [0.1, 0.15) is 15.9 Å². The average molecular weight is 190 g/mol. The molecule has 0 bridgehead atoms. The molecule has 0 spiro atoms. The first-order chi connectivity index (χ1) is 6.56. The Morgan fingerprint density at radius 1 is 1.50 bits per heavy atom. The molecule has 1 aromatic carbocycles. The molecule has 72 valence electrons. The Morgan fingerprint density at radius 2 is 2.14 bits per heavy atom. The Labute approximate surface area is 82.0 Å². The molecule has 0 heterocycles. The molecule has 0 saturated heterocycles. The van der Waals surface area contributed by atoms with Crippen LogP contribution in [0, 0.1) is 11.3 Å². The van der Waals surface area contributed by atoms with E-state index in [1.165, 1.54) is 23.1 Å². The minimum Gasteiger partial charge on any atom is -0.508 e. The third-order valence-electron chi connectivity index (χ3n) is 1.76. The molecule has 1 N–H and O–H groups in total. The van der Waals surface area contributed by atoms with E-state index in [1.807, 2.05) is 6.07 Å². The number of benzene rings is 1. The predicted molar refractivity (Wildman–Crippen MR) is 50.8 cm³/mol. The second kappa shape index (κ2) is 3.79. The van der Waals surface area contributed by atoms with Gasteiger partial charge in [-0.3, -0.25) is 4.79 Å². The zero-order valence-corrected chi connectivity index (χ0v) is 7.98. The first-order valence-corrected chi connectivity index (χ1v) is 4.01. The molecule has 4 heteroatoms. The van der Waals surface area contributed by atoms with Gasteiger partial charge in [-0.2, -0.15) is 5.26 Å². The quantitative estimate of drug-likeness (QED) is 0.717. The summed E-state index contributed by atoms with van der Waals surface area (Å²) in [5.41, 5.74) is 0.485. The molecule has 0 atom stereocenters. The highest BCUT2D eigenvalue weighted by molar-refractivity contribution is 5.96. The van der Waals surface area contributed by atoms with Crippen molar-refractivity contribution in [3.8, 4) is 11.8 Å². The molecule has 0 aromatic heterocycles. The van der Waals surface area contributed by atoms with Crippen molar-refractivity contribution in [3.63, 3.8) is 0 Å². The smallest absolute Gasteiger partial charge is 0.254 e. The minimum atomic E-state index is -0.249. The van der Waals surface area contributed by atoms with Crippen LogP contribution in [0.2, 0.25) is 0 Å². The van der Waals surface area contributed by atoms with E-state index in [0.29, 0.717) is 5.56 Å². The van der Waals surface area contributed by atoms with Crippen molar-refractivity contribution in [3.05, 3.63) is 29.3 Å². The number of nitriles is 1. The molecule has 1 rings (SSSR count). The number of rotatable bonds is 1. The summed E-state index contributed by atoms with van der Waals surface area (Å²) in [5.74, 6) is -0.265. The number of carbonyl (C=O) groups is 1. The van der Waals surface area contributed by atoms with Crippen LogP contribution in [0.25, 0.3) is 0 Å². The largest absolute Gasteiger partial charge is 0.508 e.